The number of fused-ring (bicyclic) bond motifs is 1. The quantitative estimate of drug-likeness (QED) is 0.850. The maximum Gasteiger partial charge on any atom is 0.123 e. The van der Waals surface area contributed by atoms with Gasteiger partial charge in [-0.15, -0.1) is 0 Å². The molecule has 1 heterocycles. The Morgan fingerprint density at radius 3 is 2.59 bits per heavy atom. The average molecular weight is 300 g/mol. The van der Waals surface area contributed by atoms with Gasteiger partial charge in [-0.3, -0.25) is 9.80 Å². The van der Waals surface area contributed by atoms with Crippen LogP contribution in [0.5, 0.6) is 5.75 Å². The molecular formula is C19H28N2O. The van der Waals surface area contributed by atoms with Crippen molar-refractivity contribution < 1.29 is 4.74 Å². The molecule has 3 aliphatic rings. The third-order valence-electron chi connectivity index (χ3n) is 5.73. The zero-order chi connectivity index (χ0) is 15.1. The molecule has 1 aliphatic heterocycles. The highest BCUT2D eigenvalue weighted by atomic mass is 16.5. The fourth-order valence-corrected chi connectivity index (χ4v) is 4.21. The topological polar surface area (TPSA) is 15.7 Å². The molecule has 3 heteroatoms. The first-order chi connectivity index (χ1) is 10.7. The Bertz CT molecular complexity index is 553. The number of hydrogen-bond donors (Lipinski definition) is 0. The number of hydrogen-bond acceptors (Lipinski definition) is 3. The second-order valence-corrected chi connectivity index (χ2v) is 7.33. The number of aryl methyl sites for hydroxylation is 2. The molecule has 0 radical (unpaired) electrons. The summed E-state index contributed by atoms with van der Waals surface area (Å²) in [5.74, 6) is 1.09. The summed E-state index contributed by atoms with van der Waals surface area (Å²) in [4.78, 5) is 5.33. The normalized spacial score (nSPS) is 26.2. The smallest absolute Gasteiger partial charge is 0.123 e. The van der Waals surface area contributed by atoms with Gasteiger partial charge in [0.15, 0.2) is 0 Å². The summed E-state index contributed by atoms with van der Waals surface area (Å²) in [7, 11) is 1.81. The van der Waals surface area contributed by atoms with Crippen molar-refractivity contribution in [1.29, 1.82) is 0 Å². The second kappa shape index (κ2) is 5.86. The summed E-state index contributed by atoms with van der Waals surface area (Å²) >= 11 is 0. The summed E-state index contributed by atoms with van der Waals surface area (Å²) in [5, 5.41) is 0. The van der Waals surface area contributed by atoms with Gasteiger partial charge in [0.2, 0.25) is 0 Å². The van der Waals surface area contributed by atoms with E-state index in [1.807, 2.05) is 7.11 Å². The van der Waals surface area contributed by atoms with Crippen molar-refractivity contribution in [3.05, 3.63) is 28.8 Å². The van der Waals surface area contributed by atoms with Crippen molar-refractivity contribution in [2.75, 3.05) is 26.7 Å². The molecule has 0 N–H and O–H groups in total. The van der Waals surface area contributed by atoms with Crippen LogP contribution in [0.3, 0.4) is 0 Å². The van der Waals surface area contributed by atoms with Crippen LogP contribution in [0.15, 0.2) is 12.1 Å². The summed E-state index contributed by atoms with van der Waals surface area (Å²) in [6.45, 7) is 7.09. The van der Waals surface area contributed by atoms with Gasteiger partial charge in [0, 0.05) is 43.8 Å². The van der Waals surface area contributed by atoms with Gasteiger partial charge in [0.25, 0.3) is 0 Å². The van der Waals surface area contributed by atoms with E-state index in [-0.39, 0.29) is 0 Å². The molecule has 3 nitrogen and oxygen atoms in total. The van der Waals surface area contributed by atoms with Crippen molar-refractivity contribution in [3.63, 3.8) is 0 Å². The first-order valence-electron chi connectivity index (χ1n) is 8.91. The molecule has 0 amide bonds. The van der Waals surface area contributed by atoms with E-state index in [9.17, 15) is 0 Å². The molecule has 0 spiro atoms. The number of benzene rings is 1. The molecule has 22 heavy (non-hydrogen) atoms. The van der Waals surface area contributed by atoms with E-state index in [0.29, 0.717) is 6.04 Å². The Hall–Kier alpha value is -1.06. The molecule has 2 fully saturated rings. The molecule has 1 saturated carbocycles. The minimum absolute atomic E-state index is 0.646. The number of nitrogens with zero attached hydrogens (tertiary/aromatic N) is 2. The van der Waals surface area contributed by atoms with Crippen LogP contribution in [0.25, 0.3) is 0 Å². The van der Waals surface area contributed by atoms with Crippen molar-refractivity contribution in [1.82, 2.24) is 9.80 Å². The molecule has 4 rings (SSSR count). The largest absolute Gasteiger partial charge is 0.496 e. The summed E-state index contributed by atoms with van der Waals surface area (Å²) in [5.41, 5.74) is 4.45. The highest BCUT2D eigenvalue weighted by molar-refractivity contribution is 5.44. The van der Waals surface area contributed by atoms with E-state index in [1.165, 1.54) is 62.9 Å². The lowest BCUT2D eigenvalue weighted by atomic mass is 10.0. The van der Waals surface area contributed by atoms with Crippen LogP contribution < -0.4 is 4.74 Å². The summed E-state index contributed by atoms with van der Waals surface area (Å²) < 4.78 is 5.68. The Balaban J connectivity index is 1.48. The standard InChI is InChI=1S/C19H28N2O/c1-14-12-21(18-6-7-18)9-8-20(14)13-17-10-15-4-3-5-16(15)11-19(17)22-2/h10-11,14,18H,3-9,12-13H2,1-2H3. The minimum Gasteiger partial charge on any atom is -0.496 e. The Labute approximate surface area is 134 Å². The lowest BCUT2D eigenvalue weighted by Gasteiger charge is -2.40. The van der Waals surface area contributed by atoms with E-state index >= 15 is 0 Å². The Morgan fingerprint density at radius 1 is 1.14 bits per heavy atom. The Morgan fingerprint density at radius 2 is 1.91 bits per heavy atom. The third kappa shape index (κ3) is 2.77. The highest BCUT2D eigenvalue weighted by Crippen LogP contribution is 2.32. The van der Waals surface area contributed by atoms with Gasteiger partial charge in [-0.05, 0) is 56.2 Å². The number of ether oxygens (including phenoxy) is 1. The van der Waals surface area contributed by atoms with E-state index < -0.39 is 0 Å². The lowest BCUT2D eigenvalue weighted by molar-refractivity contribution is 0.0724. The van der Waals surface area contributed by atoms with Crippen molar-refractivity contribution >= 4 is 0 Å². The molecule has 1 aromatic rings. The SMILES string of the molecule is COc1cc2c(cc1CN1CCN(C3CC3)CC1C)CCC2. The number of methoxy groups -OCH3 is 1. The van der Waals surface area contributed by atoms with Crippen LogP contribution in [0.2, 0.25) is 0 Å². The van der Waals surface area contributed by atoms with Gasteiger partial charge in [-0.1, -0.05) is 6.07 Å². The molecule has 0 aromatic heterocycles. The van der Waals surface area contributed by atoms with E-state index in [4.69, 9.17) is 4.74 Å². The van der Waals surface area contributed by atoms with Gasteiger partial charge in [-0.25, -0.2) is 0 Å². The van der Waals surface area contributed by atoms with Crippen LogP contribution in [0.1, 0.15) is 42.9 Å². The number of rotatable bonds is 4. The van der Waals surface area contributed by atoms with Gasteiger partial charge in [0.05, 0.1) is 7.11 Å². The van der Waals surface area contributed by atoms with E-state index in [1.54, 1.807) is 5.56 Å². The van der Waals surface area contributed by atoms with Crippen LogP contribution in [-0.4, -0.2) is 48.6 Å². The molecule has 2 aliphatic carbocycles. The van der Waals surface area contributed by atoms with Crippen LogP contribution in [0, 0.1) is 0 Å². The fraction of sp³-hybridized carbons (Fsp3) is 0.684. The lowest BCUT2D eigenvalue weighted by Crippen LogP contribution is -2.51. The van der Waals surface area contributed by atoms with Crippen molar-refractivity contribution in [2.45, 2.75) is 57.7 Å². The predicted molar refractivity (Wildman–Crippen MR) is 89.5 cm³/mol. The maximum absolute atomic E-state index is 5.68. The fourth-order valence-electron chi connectivity index (χ4n) is 4.21. The monoisotopic (exact) mass is 300 g/mol. The second-order valence-electron chi connectivity index (χ2n) is 7.33. The molecule has 1 saturated heterocycles. The molecule has 1 unspecified atom stereocenters. The summed E-state index contributed by atoms with van der Waals surface area (Å²) in [6, 6.07) is 6.26. The van der Waals surface area contributed by atoms with Crippen molar-refractivity contribution in [3.8, 4) is 5.75 Å². The van der Waals surface area contributed by atoms with Crippen LogP contribution in [-0.2, 0) is 19.4 Å². The molecule has 1 atom stereocenters. The highest BCUT2D eigenvalue weighted by Gasteiger charge is 2.34. The minimum atomic E-state index is 0.646. The zero-order valence-corrected chi connectivity index (χ0v) is 14.0. The third-order valence-corrected chi connectivity index (χ3v) is 5.73. The molecular weight excluding hydrogens is 272 g/mol. The number of piperazine rings is 1. The molecule has 120 valence electrons. The summed E-state index contributed by atoms with van der Waals surface area (Å²) in [6.07, 6.45) is 6.62. The Kier molecular flexibility index (Phi) is 3.87. The van der Waals surface area contributed by atoms with Crippen LogP contribution >= 0.6 is 0 Å². The van der Waals surface area contributed by atoms with Gasteiger partial charge in [-0.2, -0.15) is 0 Å². The average Bonchev–Trinajstić information content (AvgIpc) is 3.27. The molecule has 1 aromatic carbocycles. The zero-order valence-electron chi connectivity index (χ0n) is 14.0. The van der Waals surface area contributed by atoms with E-state index in [0.717, 1.165) is 18.3 Å². The van der Waals surface area contributed by atoms with Gasteiger partial charge >= 0.3 is 0 Å². The maximum atomic E-state index is 5.68. The predicted octanol–water partition coefficient (Wildman–Crippen LogP) is 2.85. The van der Waals surface area contributed by atoms with Crippen molar-refractivity contribution in [2.24, 2.45) is 0 Å². The van der Waals surface area contributed by atoms with Gasteiger partial charge in [0.1, 0.15) is 5.75 Å². The first kappa shape index (κ1) is 14.5. The van der Waals surface area contributed by atoms with E-state index in [2.05, 4.69) is 28.9 Å². The van der Waals surface area contributed by atoms with Gasteiger partial charge < -0.3 is 4.74 Å². The van der Waals surface area contributed by atoms with Crippen LogP contribution in [0.4, 0.5) is 0 Å². The first-order valence-corrected chi connectivity index (χ1v) is 8.91. The molecule has 0 bridgehead atoms.